The first-order valence-corrected chi connectivity index (χ1v) is 6.13. The van der Waals surface area contributed by atoms with Crippen LogP contribution in [-0.2, 0) is 0 Å². The number of nitriles is 1. The van der Waals surface area contributed by atoms with Crippen LogP contribution in [0, 0.1) is 21.4 Å². The molecule has 1 heterocycles. The van der Waals surface area contributed by atoms with Gasteiger partial charge in [-0.15, -0.1) is 0 Å². The van der Waals surface area contributed by atoms with Crippen molar-refractivity contribution in [1.29, 1.82) is 5.26 Å². The second-order valence-corrected chi connectivity index (χ2v) is 4.48. The minimum absolute atomic E-state index is 0.0244. The summed E-state index contributed by atoms with van der Waals surface area (Å²) >= 11 is 4.77. The molecule has 104 valence electrons. The van der Waals surface area contributed by atoms with E-state index in [1.165, 1.54) is 24.4 Å². The van der Waals surface area contributed by atoms with Crippen molar-refractivity contribution in [3.8, 4) is 17.3 Å². The molecular formula is C13H9N5O2S. The van der Waals surface area contributed by atoms with Crippen LogP contribution in [-0.4, -0.2) is 20.1 Å². The maximum absolute atomic E-state index is 10.8. The van der Waals surface area contributed by atoms with Gasteiger partial charge in [-0.1, -0.05) is 24.4 Å². The van der Waals surface area contributed by atoms with Gasteiger partial charge in [0.2, 0.25) is 0 Å². The highest BCUT2D eigenvalue weighted by Crippen LogP contribution is 2.26. The number of benzene rings is 1. The fourth-order valence-corrected chi connectivity index (χ4v) is 1.83. The van der Waals surface area contributed by atoms with Crippen molar-refractivity contribution in [1.82, 2.24) is 10.2 Å². The van der Waals surface area contributed by atoms with Crippen molar-refractivity contribution in [2.75, 3.05) is 0 Å². The number of H-pyrrole nitrogens is 1. The van der Waals surface area contributed by atoms with Gasteiger partial charge in [-0.05, 0) is 6.08 Å². The topological polar surface area (TPSA) is 122 Å². The summed E-state index contributed by atoms with van der Waals surface area (Å²) in [7, 11) is 0. The lowest BCUT2D eigenvalue weighted by molar-refractivity contribution is -0.384. The molecule has 0 saturated carbocycles. The van der Waals surface area contributed by atoms with Gasteiger partial charge in [0.05, 0.1) is 22.4 Å². The number of thiocarbonyl (C=S) groups is 1. The number of nitrogens with two attached hydrogens (primary N) is 1. The van der Waals surface area contributed by atoms with Gasteiger partial charge < -0.3 is 5.73 Å². The predicted molar refractivity (Wildman–Crippen MR) is 81.1 cm³/mol. The van der Waals surface area contributed by atoms with Gasteiger partial charge in [0.1, 0.15) is 11.1 Å². The molecule has 0 atom stereocenters. The van der Waals surface area contributed by atoms with E-state index in [0.717, 1.165) is 0 Å². The molecule has 3 N–H and O–H groups in total. The number of nitrogens with zero attached hydrogens (tertiary/aromatic N) is 3. The zero-order valence-electron chi connectivity index (χ0n) is 10.6. The van der Waals surface area contributed by atoms with Crippen molar-refractivity contribution in [2.45, 2.75) is 0 Å². The maximum atomic E-state index is 10.8. The molecule has 0 amide bonds. The average Bonchev–Trinajstić information content (AvgIpc) is 2.92. The Bertz CT molecular complexity index is 788. The van der Waals surface area contributed by atoms with Gasteiger partial charge in [0, 0.05) is 23.3 Å². The van der Waals surface area contributed by atoms with E-state index in [1.807, 2.05) is 6.07 Å². The molecule has 2 rings (SSSR count). The Labute approximate surface area is 124 Å². The number of hydrogen-bond acceptors (Lipinski definition) is 5. The van der Waals surface area contributed by atoms with E-state index in [1.54, 1.807) is 12.1 Å². The SMILES string of the molecule is N#C/C(=C\c1cn[nH]c1-c1cccc([N+](=O)[O-])c1)C(N)=S. The monoisotopic (exact) mass is 299 g/mol. The van der Waals surface area contributed by atoms with Crippen LogP contribution in [0.1, 0.15) is 5.56 Å². The van der Waals surface area contributed by atoms with Crippen molar-refractivity contribution in [3.05, 3.63) is 51.7 Å². The van der Waals surface area contributed by atoms with Crippen molar-refractivity contribution >= 4 is 29.0 Å². The smallest absolute Gasteiger partial charge is 0.270 e. The number of nitrogens with one attached hydrogen (secondary N) is 1. The summed E-state index contributed by atoms with van der Waals surface area (Å²) in [6.07, 6.45) is 2.98. The molecule has 0 bridgehead atoms. The lowest BCUT2D eigenvalue weighted by Crippen LogP contribution is -2.09. The van der Waals surface area contributed by atoms with E-state index < -0.39 is 4.92 Å². The first-order chi connectivity index (χ1) is 10.0. The van der Waals surface area contributed by atoms with Crippen LogP contribution in [0.15, 0.2) is 36.0 Å². The fourth-order valence-electron chi connectivity index (χ4n) is 1.73. The molecule has 7 nitrogen and oxygen atoms in total. The van der Waals surface area contributed by atoms with Crippen molar-refractivity contribution in [2.24, 2.45) is 5.73 Å². The Balaban J connectivity index is 2.51. The Hall–Kier alpha value is -3.05. The maximum Gasteiger partial charge on any atom is 0.270 e. The molecule has 0 unspecified atom stereocenters. The number of non-ortho nitro benzene ring substituents is 1. The van der Waals surface area contributed by atoms with E-state index in [0.29, 0.717) is 16.8 Å². The summed E-state index contributed by atoms with van der Waals surface area (Å²) < 4.78 is 0. The summed E-state index contributed by atoms with van der Waals surface area (Å²) in [4.78, 5) is 10.3. The lowest BCUT2D eigenvalue weighted by Gasteiger charge is -2.01. The molecule has 0 saturated heterocycles. The van der Waals surface area contributed by atoms with Gasteiger partial charge in [-0.25, -0.2) is 0 Å². The highest BCUT2D eigenvalue weighted by Gasteiger charge is 2.12. The molecule has 2 aromatic rings. The first kappa shape index (κ1) is 14.4. The highest BCUT2D eigenvalue weighted by atomic mass is 32.1. The van der Waals surface area contributed by atoms with Crippen molar-refractivity contribution < 1.29 is 4.92 Å². The van der Waals surface area contributed by atoms with Crippen LogP contribution in [0.5, 0.6) is 0 Å². The third kappa shape index (κ3) is 3.10. The predicted octanol–water partition coefficient (Wildman–Crippen LogP) is 2.18. The number of aromatic amines is 1. The van der Waals surface area contributed by atoms with Crippen LogP contribution in [0.3, 0.4) is 0 Å². The van der Waals surface area contributed by atoms with Gasteiger partial charge >= 0.3 is 0 Å². The Morgan fingerprint density at radius 2 is 2.33 bits per heavy atom. The number of nitro benzene ring substituents is 1. The van der Waals surface area contributed by atoms with E-state index in [2.05, 4.69) is 10.2 Å². The first-order valence-electron chi connectivity index (χ1n) is 5.72. The summed E-state index contributed by atoms with van der Waals surface area (Å²) in [5, 5.41) is 26.4. The highest BCUT2D eigenvalue weighted by molar-refractivity contribution is 7.80. The minimum atomic E-state index is -0.481. The molecular weight excluding hydrogens is 290 g/mol. The Morgan fingerprint density at radius 3 is 2.95 bits per heavy atom. The molecule has 1 aromatic heterocycles. The molecule has 0 spiro atoms. The molecule has 0 aliphatic heterocycles. The van der Waals surface area contributed by atoms with E-state index in [9.17, 15) is 10.1 Å². The summed E-state index contributed by atoms with van der Waals surface area (Å²) in [6, 6.07) is 7.97. The van der Waals surface area contributed by atoms with Gasteiger partial charge in [0.15, 0.2) is 0 Å². The third-order valence-corrected chi connectivity index (χ3v) is 2.92. The molecule has 1 aromatic carbocycles. The molecule has 0 aliphatic carbocycles. The minimum Gasteiger partial charge on any atom is -0.389 e. The van der Waals surface area contributed by atoms with Crippen LogP contribution in [0.2, 0.25) is 0 Å². The number of nitro groups is 1. The van der Waals surface area contributed by atoms with Crippen molar-refractivity contribution in [3.63, 3.8) is 0 Å². The molecule has 0 aliphatic rings. The Kier molecular flexibility index (Phi) is 4.06. The normalized spacial score (nSPS) is 10.9. The number of aromatic nitrogens is 2. The third-order valence-electron chi connectivity index (χ3n) is 2.70. The molecule has 21 heavy (non-hydrogen) atoms. The molecule has 0 radical (unpaired) electrons. The molecule has 0 fully saturated rings. The van der Waals surface area contributed by atoms with Gasteiger partial charge in [0.25, 0.3) is 5.69 Å². The zero-order valence-corrected chi connectivity index (χ0v) is 11.4. The van der Waals surface area contributed by atoms with Crippen LogP contribution < -0.4 is 5.73 Å². The molecule has 8 heteroatoms. The van der Waals surface area contributed by atoms with E-state index in [4.69, 9.17) is 23.2 Å². The standard InChI is InChI=1S/C13H9N5O2S/c14-6-9(13(15)21)4-10-7-16-17-12(10)8-2-1-3-11(5-8)18(19)20/h1-5,7H,(H2,15,21)(H,16,17)/b9-4+. The average molecular weight is 299 g/mol. The van der Waals surface area contributed by atoms with E-state index in [-0.39, 0.29) is 16.2 Å². The largest absolute Gasteiger partial charge is 0.389 e. The summed E-state index contributed by atoms with van der Waals surface area (Å²) in [5.74, 6) is 0. The van der Waals surface area contributed by atoms with Crippen LogP contribution >= 0.6 is 12.2 Å². The van der Waals surface area contributed by atoms with Crippen LogP contribution in [0.25, 0.3) is 17.3 Å². The van der Waals surface area contributed by atoms with Crippen LogP contribution in [0.4, 0.5) is 5.69 Å². The summed E-state index contributed by atoms with van der Waals surface area (Å²) in [6.45, 7) is 0. The Morgan fingerprint density at radius 1 is 1.57 bits per heavy atom. The number of rotatable bonds is 4. The summed E-state index contributed by atoms with van der Waals surface area (Å²) in [5.41, 5.74) is 7.23. The second-order valence-electron chi connectivity index (χ2n) is 4.04. The van der Waals surface area contributed by atoms with Gasteiger partial charge in [-0.2, -0.15) is 10.4 Å². The zero-order chi connectivity index (χ0) is 15.4. The van der Waals surface area contributed by atoms with Gasteiger partial charge in [-0.3, -0.25) is 15.2 Å². The quantitative estimate of drug-likeness (QED) is 0.293. The lowest BCUT2D eigenvalue weighted by atomic mass is 10.1. The van der Waals surface area contributed by atoms with E-state index >= 15 is 0 Å². The second kappa shape index (κ2) is 5.94. The fraction of sp³-hybridized carbons (Fsp3) is 0. The number of hydrogen-bond donors (Lipinski definition) is 2.